The first-order chi connectivity index (χ1) is 35.4. The maximum absolute atomic E-state index is 5.52. The van der Waals surface area contributed by atoms with Gasteiger partial charge in [-0.2, -0.15) is 12.6 Å². The van der Waals surface area contributed by atoms with E-state index in [-0.39, 0.29) is 0 Å². The standard InChI is InChI=1S/C47H96O23S/c1-48-2-3-49-4-5-50-6-7-51-8-9-52-10-11-53-12-13-54-14-15-55-16-17-56-18-19-57-20-21-58-22-23-59-24-25-60-26-27-61-28-29-62-30-31-63-32-33-64-34-35-65-36-37-66-38-39-67-40-41-68-42-43-69-44-45-70-46-47-71/h71H,2-47H2,1H3. The molecule has 0 radical (unpaired) electrons. The van der Waals surface area contributed by atoms with E-state index in [0.717, 1.165) is 0 Å². The smallest absolute Gasteiger partial charge is 0.0701 e. The van der Waals surface area contributed by atoms with E-state index in [1.807, 2.05) is 0 Å². The Kier molecular flexibility index (Phi) is 68.9. The normalized spacial score (nSPS) is 11.7. The maximum Gasteiger partial charge on any atom is 0.0701 e. The number of ether oxygens (including phenoxy) is 23. The molecular weight excluding hydrogens is 965 g/mol. The van der Waals surface area contributed by atoms with Gasteiger partial charge >= 0.3 is 0 Å². The SMILES string of the molecule is COCCOCCOCCOCCOCCOCCOCCOCCOCCOCCOCCOCCOCCOCCOCCOCCOCCOCCOCCOCCOCCOCCOCCS. The molecule has 0 amide bonds. The van der Waals surface area contributed by atoms with Gasteiger partial charge in [-0.3, -0.25) is 0 Å². The average Bonchev–Trinajstić information content (AvgIpc) is 3.38. The fourth-order valence-corrected chi connectivity index (χ4v) is 5.06. The van der Waals surface area contributed by atoms with Gasteiger partial charge in [0.1, 0.15) is 0 Å². The lowest BCUT2D eigenvalue weighted by Crippen LogP contribution is -2.16. The van der Waals surface area contributed by atoms with Crippen molar-refractivity contribution in [1.82, 2.24) is 0 Å². The zero-order chi connectivity index (χ0) is 50.8. The van der Waals surface area contributed by atoms with Crippen molar-refractivity contribution in [2.75, 3.05) is 310 Å². The monoisotopic (exact) mass is 1060 g/mol. The third-order valence-corrected chi connectivity index (χ3v) is 8.66. The van der Waals surface area contributed by atoms with Gasteiger partial charge in [0.2, 0.25) is 0 Å². The van der Waals surface area contributed by atoms with E-state index in [2.05, 4.69) is 12.6 Å². The molecule has 0 saturated heterocycles. The minimum Gasteiger partial charge on any atom is -0.382 e. The van der Waals surface area contributed by atoms with Gasteiger partial charge in [-0.1, -0.05) is 0 Å². The van der Waals surface area contributed by atoms with Crippen LogP contribution in [0, 0.1) is 0 Å². The van der Waals surface area contributed by atoms with Crippen LogP contribution in [0.1, 0.15) is 0 Å². The van der Waals surface area contributed by atoms with Gasteiger partial charge in [-0.15, -0.1) is 0 Å². The molecule has 0 aliphatic rings. The summed E-state index contributed by atoms with van der Waals surface area (Å²) in [4.78, 5) is 0. The van der Waals surface area contributed by atoms with Crippen molar-refractivity contribution in [2.24, 2.45) is 0 Å². The fraction of sp³-hybridized carbons (Fsp3) is 1.00. The van der Waals surface area contributed by atoms with Crippen LogP contribution in [0.5, 0.6) is 0 Å². The predicted octanol–water partition coefficient (Wildman–Crippen LogP) is 0.928. The van der Waals surface area contributed by atoms with Gasteiger partial charge in [-0.05, 0) is 0 Å². The van der Waals surface area contributed by atoms with Crippen LogP contribution in [0.2, 0.25) is 0 Å². The minimum atomic E-state index is 0.489. The highest BCUT2D eigenvalue weighted by molar-refractivity contribution is 7.80. The van der Waals surface area contributed by atoms with Gasteiger partial charge < -0.3 is 109 Å². The number of thiol groups is 1. The second-order valence-corrected chi connectivity index (χ2v) is 14.6. The lowest BCUT2D eigenvalue weighted by atomic mass is 10.6. The van der Waals surface area contributed by atoms with Crippen molar-refractivity contribution in [3.8, 4) is 0 Å². The van der Waals surface area contributed by atoms with Crippen LogP contribution in [0.3, 0.4) is 0 Å². The van der Waals surface area contributed by atoms with Gasteiger partial charge in [0.15, 0.2) is 0 Å². The van der Waals surface area contributed by atoms with Crippen LogP contribution in [0.25, 0.3) is 0 Å². The fourth-order valence-electron chi connectivity index (χ4n) is 4.93. The highest BCUT2D eigenvalue weighted by Gasteiger charge is 2.00. The quantitative estimate of drug-likeness (QED) is 0.0663. The van der Waals surface area contributed by atoms with E-state index in [0.29, 0.717) is 303 Å². The van der Waals surface area contributed by atoms with Crippen molar-refractivity contribution >= 4 is 12.6 Å². The van der Waals surface area contributed by atoms with Gasteiger partial charge in [0.25, 0.3) is 0 Å². The summed E-state index contributed by atoms with van der Waals surface area (Å²) in [5.74, 6) is 0.713. The van der Waals surface area contributed by atoms with Crippen molar-refractivity contribution < 1.29 is 109 Å². The van der Waals surface area contributed by atoms with Gasteiger partial charge in [0, 0.05) is 12.9 Å². The van der Waals surface area contributed by atoms with E-state index in [1.165, 1.54) is 0 Å². The highest BCUT2D eigenvalue weighted by atomic mass is 32.1. The zero-order valence-corrected chi connectivity index (χ0v) is 44.3. The maximum atomic E-state index is 5.52. The Labute approximate surface area is 430 Å². The molecule has 0 saturated carbocycles. The molecule has 0 aromatic rings. The first-order valence-electron chi connectivity index (χ1n) is 25.2. The minimum absolute atomic E-state index is 0.489. The Bertz CT molecular complexity index is 847. The third-order valence-electron chi connectivity index (χ3n) is 8.48. The summed E-state index contributed by atoms with van der Waals surface area (Å²) in [7, 11) is 1.64. The molecule has 0 N–H and O–H groups in total. The molecule has 23 nitrogen and oxygen atoms in total. The predicted molar refractivity (Wildman–Crippen MR) is 264 cm³/mol. The first kappa shape index (κ1) is 70.4. The molecule has 0 aromatic heterocycles. The summed E-state index contributed by atoms with van der Waals surface area (Å²) in [6.07, 6.45) is 0. The Morgan fingerprint density at radius 3 is 0.310 bits per heavy atom. The number of hydrogen-bond donors (Lipinski definition) is 1. The van der Waals surface area contributed by atoms with Crippen molar-refractivity contribution in [3.05, 3.63) is 0 Å². The summed E-state index contributed by atoms with van der Waals surface area (Å²) < 4.78 is 125. The van der Waals surface area contributed by atoms with E-state index < -0.39 is 0 Å². The molecule has 71 heavy (non-hydrogen) atoms. The molecule has 0 heterocycles. The summed E-state index contributed by atoms with van der Waals surface area (Å²) in [6, 6.07) is 0. The highest BCUT2D eigenvalue weighted by Crippen LogP contribution is 1.91. The number of methoxy groups -OCH3 is 1. The van der Waals surface area contributed by atoms with Crippen molar-refractivity contribution in [2.45, 2.75) is 0 Å². The summed E-state index contributed by atoms with van der Waals surface area (Å²) in [5.41, 5.74) is 0. The summed E-state index contributed by atoms with van der Waals surface area (Å²) in [6.45, 7) is 23.1. The topological polar surface area (TPSA) is 212 Å². The van der Waals surface area contributed by atoms with Crippen LogP contribution >= 0.6 is 12.6 Å². The first-order valence-corrected chi connectivity index (χ1v) is 25.8. The molecule has 0 rings (SSSR count). The zero-order valence-electron chi connectivity index (χ0n) is 43.4. The third kappa shape index (κ3) is 69.4. The molecule has 0 spiro atoms. The second kappa shape index (κ2) is 69.4. The van der Waals surface area contributed by atoms with Crippen molar-refractivity contribution in [3.63, 3.8) is 0 Å². The Morgan fingerprint density at radius 1 is 0.141 bits per heavy atom. The van der Waals surface area contributed by atoms with Crippen LogP contribution in [0.15, 0.2) is 0 Å². The summed E-state index contributed by atoms with van der Waals surface area (Å²) >= 11 is 4.07. The average molecular weight is 1060 g/mol. The van der Waals surface area contributed by atoms with Gasteiger partial charge in [-0.25, -0.2) is 0 Å². The molecule has 0 aromatic carbocycles. The Hall–Kier alpha value is -0.570. The summed E-state index contributed by atoms with van der Waals surface area (Å²) in [5, 5.41) is 0. The van der Waals surface area contributed by atoms with E-state index in [9.17, 15) is 0 Å². The van der Waals surface area contributed by atoms with Crippen LogP contribution in [-0.2, 0) is 109 Å². The molecule has 0 unspecified atom stereocenters. The molecule has 24 heteroatoms. The second-order valence-electron chi connectivity index (χ2n) is 14.2. The largest absolute Gasteiger partial charge is 0.382 e. The van der Waals surface area contributed by atoms with Crippen LogP contribution < -0.4 is 0 Å². The molecule has 0 atom stereocenters. The number of rotatable bonds is 68. The van der Waals surface area contributed by atoms with E-state index in [1.54, 1.807) is 7.11 Å². The van der Waals surface area contributed by atoms with E-state index >= 15 is 0 Å². The Morgan fingerprint density at radius 2 is 0.225 bits per heavy atom. The molecule has 0 fully saturated rings. The lowest BCUT2D eigenvalue weighted by molar-refractivity contribution is -0.0318. The molecular formula is C47H96O23S. The molecule has 0 bridgehead atoms. The number of hydrogen-bond acceptors (Lipinski definition) is 24. The van der Waals surface area contributed by atoms with Crippen molar-refractivity contribution in [1.29, 1.82) is 0 Å². The molecule has 0 aliphatic heterocycles. The molecule has 428 valence electrons. The van der Waals surface area contributed by atoms with Crippen LogP contribution in [0.4, 0.5) is 0 Å². The van der Waals surface area contributed by atoms with Gasteiger partial charge in [0.05, 0.1) is 297 Å². The molecule has 0 aliphatic carbocycles. The van der Waals surface area contributed by atoms with Crippen LogP contribution in [-0.4, -0.2) is 310 Å². The van der Waals surface area contributed by atoms with E-state index in [4.69, 9.17) is 109 Å². The lowest BCUT2D eigenvalue weighted by Gasteiger charge is -2.09. The Balaban J connectivity index is 3.07.